The van der Waals surface area contributed by atoms with E-state index in [4.69, 9.17) is 9.26 Å². The van der Waals surface area contributed by atoms with Crippen LogP contribution in [0.1, 0.15) is 37.3 Å². The topological polar surface area (TPSA) is 47.3 Å². The Morgan fingerprint density at radius 2 is 1.95 bits per heavy atom. The summed E-state index contributed by atoms with van der Waals surface area (Å²) in [6.07, 6.45) is 1.08. The van der Waals surface area contributed by atoms with E-state index in [-0.39, 0.29) is 0 Å². The average Bonchev–Trinajstić information content (AvgIpc) is 2.86. The molecule has 1 N–H and O–H groups in total. The van der Waals surface area contributed by atoms with Gasteiger partial charge in [-0.3, -0.25) is 0 Å². The van der Waals surface area contributed by atoms with E-state index in [2.05, 4.69) is 36.5 Å². The van der Waals surface area contributed by atoms with Gasteiger partial charge in [-0.1, -0.05) is 31.1 Å². The van der Waals surface area contributed by atoms with Crippen LogP contribution in [0.5, 0.6) is 5.75 Å². The molecule has 0 radical (unpaired) electrons. The molecule has 0 fully saturated rings. The molecule has 0 unspecified atom stereocenters. The first kappa shape index (κ1) is 15.6. The van der Waals surface area contributed by atoms with Crippen molar-refractivity contribution in [3.05, 3.63) is 47.3 Å². The highest BCUT2D eigenvalue weighted by Crippen LogP contribution is 2.13. The molecular weight excluding hydrogens is 264 g/mol. The fraction of sp³-hybridized carbons (Fsp3) is 0.471. The number of hydrogen-bond acceptors (Lipinski definition) is 4. The monoisotopic (exact) mass is 288 g/mol. The van der Waals surface area contributed by atoms with Crippen LogP contribution in [0.2, 0.25) is 0 Å². The predicted molar refractivity (Wildman–Crippen MR) is 83.2 cm³/mol. The minimum atomic E-state index is 0.674. The minimum absolute atomic E-state index is 0.674. The fourth-order valence-corrected chi connectivity index (χ4v) is 1.95. The molecule has 114 valence electrons. The molecule has 0 aliphatic carbocycles. The Bertz CT molecular complexity index is 532. The lowest BCUT2D eigenvalue weighted by Crippen LogP contribution is -2.12. The highest BCUT2D eigenvalue weighted by Gasteiger charge is 2.01. The van der Waals surface area contributed by atoms with E-state index >= 15 is 0 Å². The molecule has 0 atom stereocenters. The number of benzene rings is 1. The van der Waals surface area contributed by atoms with Gasteiger partial charge < -0.3 is 14.6 Å². The molecular formula is C17H24N2O2. The molecule has 0 saturated heterocycles. The normalized spacial score (nSPS) is 11.0. The Morgan fingerprint density at radius 1 is 1.19 bits per heavy atom. The predicted octanol–water partition coefficient (Wildman–Crippen LogP) is 3.70. The summed E-state index contributed by atoms with van der Waals surface area (Å²) >= 11 is 0. The summed E-state index contributed by atoms with van der Waals surface area (Å²) in [6, 6.07) is 10.2. The molecule has 21 heavy (non-hydrogen) atoms. The molecule has 4 heteroatoms. The van der Waals surface area contributed by atoms with Crippen LogP contribution in [0, 0.1) is 12.8 Å². The van der Waals surface area contributed by atoms with Gasteiger partial charge in [0.15, 0.2) is 5.76 Å². The number of hydrogen-bond donors (Lipinski definition) is 1. The molecule has 1 heterocycles. The maximum Gasteiger partial charge on any atom is 0.150 e. The molecule has 1 aromatic carbocycles. The largest absolute Gasteiger partial charge is 0.494 e. The minimum Gasteiger partial charge on any atom is -0.494 e. The number of nitrogens with one attached hydrogen (secondary N) is 1. The molecule has 2 rings (SSSR count). The third kappa shape index (κ3) is 5.60. The smallest absolute Gasteiger partial charge is 0.150 e. The van der Waals surface area contributed by atoms with Gasteiger partial charge in [0, 0.05) is 12.6 Å². The second-order valence-electron chi connectivity index (χ2n) is 5.71. The van der Waals surface area contributed by atoms with Gasteiger partial charge >= 0.3 is 0 Å². The lowest BCUT2D eigenvalue weighted by Gasteiger charge is -2.09. The van der Waals surface area contributed by atoms with Gasteiger partial charge in [0.05, 0.1) is 18.8 Å². The zero-order chi connectivity index (χ0) is 15.1. The summed E-state index contributed by atoms with van der Waals surface area (Å²) in [4.78, 5) is 0. The SMILES string of the molecule is Cc1cc(CNCc2ccc(OCCC(C)C)cc2)on1. The van der Waals surface area contributed by atoms with E-state index < -0.39 is 0 Å². The van der Waals surface area contributed by atoms with Crippen molar-refractivity contribution in [1.82, 2.24) is 10.5 Å². The van der Waals surface area contributed by atoms with Gasteiger partial charge in [-0.2, -0.15) is 0 Å². The van der Waals surface area contributed by atoms with Crippen LogP contribution in [0.3, 0.4) is 0 Å². The lowest BCUT2D eigenvalue weighted by molar-refractivity contribution is 0.289. The van der Waals surface area contributed by atoms with Crippen LogP contribution in [0.4, 0.5) is 0 Å². The molecule has 0 aliphatic rings. The fourth-order valence-electron chi connectivity index (χ4n) is 1.95. The molecule has 0 bridgehead atoms. The molecule has 1 aromatic heterocycles. The number of ether oxygens (including phenoxy) is 1. The number of aryl methyl sites for hydroxylation is 1. The Kier molecular flexibility index (Phi) is 5.81. The summed E-state index contributed by atoms with van der Waals surface area (Å²) in [7, 11) is 0. The summed E-state index contributed by atoms with van der Waals surface area (Å²) in [6.45, 7) is 8.59. The van der Waals surface area contributed by atoms with Crippen molar-refractivity contribution in [3.8, 4) is 5.75 Å². The van der Waals surface area contributed by atoms with E-state index in [1.54, 1.807) is 0 Å². The van der Waals surface area contributed by atoms with E-state index in [1.165, 1.54) is 5.56 Å². The summed E-state index contributed by atoms with van der Waals surface area (Å²) in [5.74, 6) is 2.47. The maximum atomic E-state index is 5.70. The van der Waals surface area contributed by atoms with Crippen molar-refractivity contribution in [2.24, 2.45) is 5.92 Å². The Labute approximate surface area is 126 Å². The second-order valence-corrected chi connectivity index (χ2v) is 5.71. The highest BCUT2D eigenvalue weighted by atomic mass is 16.5. The molecule has 4 nitrogen and oxygen atoms in total. The van der Waals surface area contributed by atoms with Crippen molar-refractivity contribution in [3.63, 3.8) is 0 Å². The van der Waals surface area contributed by atoms with E-state index in [0.29, 0.717) is 12.5 Å². The first-order chi connectivity index (χ1) is 10.1. The number of aromatic nitrogens is 1. The van der Waals surface area contributed by atoms with Gasteiger partial charge in [0.25, 0.3) is 0 Å². The summed E-state index contributed by atoms with van der Waals surface area (Å²) in [5.41, 5.74) is 2.14. The van der Waals surface area contributed by atoms with Crippen molar-refractivity contribution in [2.75, 3.05) is 6.61 Å². The Morgan fingerprint density at radius 3 is 2.57 bits per heavy atom. The van der Waals surface area contributed by atoms with Gasteiger partial charge in [0.2, 0.25) is 0 Å². The van der Waals surface area contributed by atoms with E-state index in [1.807, 2.05) is 25.1 Å². The zero-order valence-electron chi connectivity index (χ0n) is 13.1. The van der Waals surface area contributed by atoms with Crippen molar-refractivity contribution >= 4 is 0 Å². The molecule has 0 aliphatic heterocycles. The molecule has 0 amide bonds. The van der Waals surface area contributed by atoms with Crippen LogP contribution < -0.4 is 10.1 Å². The number of rotatable bonds is 8. The Hall–Kier alpha value is -1.81. The van der Waals surface area contributed by atoms with Gasteiger partial charge in [-0.25, -0.2) is 0 Å². The first-order valence-corrected chi connectivity index (χ1v) is 7.48. The lowest BCUT2D eigenvalue weighted by atomic mass is 10.1. The van der Waals surface area contributed by atoms with Crippen LogP contribution in [-0.2, 0) is 13.1 Å². The van der Waals surface area contributed by atoms with Crippen molar-refractivity contribution < 1.29 is 9.26 Å². The van der Waals surface area contributed by atoms with Gasteiger partial charge in [0.1, 0.15) is 5.75 Å². The standard InChI is InChI=1S/C17H24N2O2/c1-13(2)8-9-20-16-6-4-15(5-7-16)11-18-12-17-10-14(3)19-21-17/h4-7,10,13,18H,8-9,11-12H2,1-3H3. The zero-order valence-corrected chi connectivity index (χ0v) is 13.1. The van der Waals surface area contributed by atoms with Crippen molar-refractivity contribution in [1.29, 1.82) is 0 Å². The maximum absolute atomic E-state index is 5.70. The Balaban J connectivity index is 1.72. The third-order valence-corrected chi connectivity index (χ3v) is 3.19. The quantitative estimate of drug-likeness (QED) is 0.804. The first-order valence-electron chi connectivity index (χ1n) is 7.48. The van der Waals surface area contributed by atoms with Gasteiger partial charge in [-0.15, -0.1) is 0 Å². The van der Waals surface area contributed by atoms with Crippen molar-refractivity contribution in [2.45, 2.75) is 40.3 Å². The third-order valence-electron chi connectivity index (χ3n) is 3.19. The van der Waals surface area contributed by atoms with E-state index in [0.717, 1.165) is 36.8 Å². The van der Waals surface area contributed by atoms with Gasteiger partial charge in [-0.05, 0) is 37.0 Å². The van der Waals surface area contributed by atoms with Crippen LogP contribution in [0.25, 0.3) is 0 Å². The molecule has 0 spiro atoms. The molecule has 2 aromatic rings. The number of nitrogens with zero attached hydrogens (tertiary/aromatic N) is 1. The summed E-state index contributed by atoms with van der Waals surface area (Å²) < 4.78 is 10.9. The van der Waals surface area contributed by atoms with Crippen LogP contribution >= 0.6 is 0 Å². The van der Waals surface area contributed by atoms with E-state index in [9.17, 15) is 0 Å². The van der Waals surface area contributed by atoms with Crippen LogP contribution in [0.15, 0.2) is 34.9 Å². The summed E-state index contributed by atoms with van der Waals surface area (Å²) in [5, 5.41) is 7.20. The highest BCUT2D eigenvalue weighted by molar-refractivity contribution is 5.27. The van der Waals surface area contributed by atoms with Crippen LogP contribution in [-0.4, -0.2) is 11.8 Å². The molecule has 0 saturated carbocycles. The second kappa shape index (κ2) is 7.84. The average molecular weight is 288 g/mol.